The Morgan fingerprint density at radius 3 is 0.720 bits per heavy atom. The Morgan fingerprint density at radius 1 is 0.322 bits per heavy atom. The minimum absolute atomic E-state index is 0.00764. The quantitative estimate of drug-likeness (QED) is 0.0346. The maximum Gasteiger partial charge on any atom is 0.314 e. The van der Waals surface area contributed by atoms with Crippen molar-refractivity contribution in [2.45, 2.75) is 74.5 Å². The fourth-order valence-electron chi connectivity index (χ4n) is 19.8. The smallest absolute Gasteiger partial charge is 0.314 e. The van der Waals surface area contributed by atoms with Gasteiger partial charge in [-0.05, 0) is 230 Å². The second kappa shape index (κ2) is 37.5. The Morgan fingerprint density at radius 2 is 0.534 bits per heavy atom. The molecule has 18 atom stereocenters. The van der Waals surface area contributed by atoms with Crippen molar-refractivity contribution in [3.63, 3.8) is 0 Å². The van der Waals surface area contributed by atoms with Gasteiger partial charge in [-0.1, -0.05) is 36.4 Å². The molecule has 5 saturated carbocycles. The molecular weight excluding hydrogens is 1920 g/mol. The molecule has 0 aromatic carbocycles. The lowest BCUT2D eigenvalue weighted by Crippen LogP contribution is -2.44. The van der Waals surface area contributed by atoms with Crippen LogP contribution in [0.25, 0.3) is 0 Å². The minimum Gasteiger partial charge on any atom is -0.469 e. The maximum absolute atomic E-state index is 12.2. The molecule has 3 unspecified atom stereocenters. The monoisotopic (exact) mass is 2010 g/mol. The van der Waals surface area contributed by atoms with E-state index in [0.717, 1.165) is 127 Å². The second-order valence-electron chi connectivity index (χ2n) is 31.3. The van der Waals surface area contributed by atoms with Crippen LogP contribution in [0.1, 0.15) is 32.1 Å². The van der Waals surface area contributed by atoms with Crippen molar-refractivity contribution in [3.05, 3.63) is 137 Å². The van der Waals surface area contributed by atoms with Gasteiger partial charge in [0.15, 0.2) is 0 Å². The number of carbonyl (C=O) groups is 6. The number of piperidine rings is 5. The van der Waals surface area contributed by atoms with Gasteiger partial charge in [-0.2, -0.15) is 0 Å². The van der Waals surface area contributed by atoms with Gasteiger partial charge in [-0.25, -0.2) is 29.9 Å². The molecule has 6 aromatic rings. The predicted octanol–water partition coefficient (Wildman–Crippen LogP) is 10.5. The average molecular weight is 2020 g/mol. The SMILES string of the molecule is COC(=O)C1C2CN(c3cccc(Br)n3)C1CO2.COC[C@@H]1N(c2cccc(Br)n2)C[C@@H]2C[C@@]21C(=O)OC.COC[C@@H]1N(c2cccc(Br)n2)C[C@@H]2C[C@@]21C(=O)OC.COC[C@@H]1N(c2cccc(Br)n2)C[C@H]2C[C@]21C(=O)OC.COC[C@H]1N(c2cccc(Br)n2)C[C@@H]2C[C@@]21C(=O)OC.COC[C@H]1N(c2cccc(Br)n2)C[C@@H]2C[C@@]21C(=O)OC. The normalized spacial score (nSPS) is 30.8. The number of halogens is 6. The Hall–Kier alpha value is -6.84. The molecule has 0 radical (unpaired) electrons. The zero-order valence-electron chi connectivity index (χ0n) is 67.4. The van der Waals surface area contributed by atoms with Gasteiger partial charge in [-0.15, -0.1) is 0 Å². The Balaban J connectivity index is 0.000000123. The second-order valence-corrected chi connectivity index (χ2v) is 36.2. The van der Waals surface area contributed by atoms with Crippen molar-refractivity contribution in [1.82, 2.24) is 29.9 Å². The van der Waals surface area contributed by atoms with E-state index in [-0.39, 0.29) is 84.1 Å². The first-order chi connectivity index (χ1) is 56.8. The van der Waals surface area contributed by atoms with Gasteiger partial charge in [0.1, 0.15) is 68.4 Å². The highest BCUT2D eigenvalue weighted by Gasteiger charge is 2.76. The van der Waals surface area contributed by atoms with Crippen molar-refractivity contribution in [2.75, 3.05) is 187 Å². The summed E-state index contributed by atoms with van der Waals surface area (Å²) < 4.78 is 66.9. The zero-order valence-corrected chi connectivity index (χ0v) is 76.9. The van der Waals surface area contributed by atoms with Crippen LogP contribution in [0, 0.1) is 62.6 Å². The number of methoxy groups -OCH3 is 11. The molecule has 118 heavy (non-hydrogen) atoms. The first kappa shape index (κ1) is 88.9. The summed E-state index contributed by atoms with van der Waals surface area (Å²) in [4.78, 5) is 112. The van der Waals surface area contributed by atoms with Gasteiger partial charge in [0.05, 0.1) is 152 Å². The number of fused-ring (bicyclic) bond motifs is 7. The highest BCUT2D eigenvalue weighted by molar-refractivity contribution is 9.11. The lowest BCUT2D eigenvalue weighted by atomic mass is 9.96. The predicted molar refractivity (Wildman–Crippen MR) is 456 cm³/mol. The molecule has 6 aromatic heterocycles. The first-order valence-corrected chi connectivity index (χ1v) is 43.5. The van der Waals surface area contributed by atoms with Crippen LogP contribution in [-0.4, -0.2) is 265 Å². The molecule has 12 fully saturated rings. The van der Waals surface area contributed by atoms with E-state index in [2.05, 4.69) is 155 Å². The number of carbonyl (C=O) groups excluding carboxylic acids is 6. The zero-order chi connectivity index (χ0) is 84.3. The molecule has 30 nitrogen and oxygen atoms in total. The number of esters is 6. The third kappa shape index (κ3) is 17.0. The van der Waals surface area contributed by atoms with Gasteiger partial charge < -0.3 is 86.2 Å². The van der Waals surface area contributed by atoms with E-state index in [1.165, 1.54) is 42.7 Å². The van der Waals surface area contributed by atoms with E-state index in [9.17, 15) is 28.8 Å². The van der Waals surface area contributed by atoms with Crippen LogP contribution in [-0.2, 0) is 85.6 Å². The molecule has 0 N–H and O–H groups in total. The fourth-order valence-corrected chi connectivity index (χ4v) is 21.8. The number of pyridine rings is 6. The molecule has 18 rings (SSSR count). The van der Waals surface area contributed by atoms with E-state index in [0.29, 0.717) is 75.8 Å². The molecule has 0 amide bonds. The van der Waals surface area contributed by atoms with E-state index in [1.807, 2.05) is 109 Å². The molecule has 2 bridgehead atoms. The number of rotatable bonds is 22. The van der Waals surface area contributed by atoms with Crippen LogP contribution in [0.4, 0.5) is 34.9 Å². The molecule has 12 aliphatic rings. The molecule has 7 aliphatic heterocycles. The minimum atomic E-state index is -0.408. The summed E-state index contributed by atoms with van der Waals surface area (Å²) in [5.74, 6) is 5.94. The number of aromatic nitrogens is 6. The van der Waals surface area contributed by atoms with Crippen molar-refractivity contribution in [2.24, 2.45) is 62.6 Å². The third-order valence-corrected chi connectivity index (χ3v) is 28.3. The van der Waals surface area contributed by atoms with Crippen molar-refractivity contribution < 1.29 is 85.6 Å². The summed E-state index contributed by atoms with van der Waals surface area (Å²) in [6.07, 6.45) is 4.36. The molecule has 0 spiro atoms. The number of nitrogens with zero attached hydrogens (tertiary/aromatic N) is 12. The fraction of sp³-hybridized carbons (Fsp3) is 0.561. The number of hydrogen-bond acceptors (Lipinski definition) is 30. The van der Waals surface area contributed by atoms with Crippen LogP contribution in [0.3, 0.4) is 0 Å². The van der Waals surface area contributed by atoms with Crippen LogP contribution in [0.5, 0.6) is 0 Å². The number of hydrogen-bond donors (Lipinski definition) is 0. The van der Waals surface area contributed by atoms with Crippen molar-refractivity contribution >= 4 is 166 Å². The number of anilines is 6. The van der Waals surface area contributed by atoms with Gasteiger partial charge >= 0.3 is 35.8 Å². The van der Waals surface area contributed by atoms with Crippen molar-refractivity contribution in [3.8, 4) is 0 Å². The van der Waals surface area contributed by atoms with Crippen molar-refractivity contribution in [1.29, 1.82) is 0 Å². The Kier molecular flexibility index (Phi) is 28.2. The third-order valence-electron chi connectivity index (χ3n) is 25.7. The molecule has 13 heterocycles. The van der Waals surface area contributed by atoms with Gasteiger partial charge in [0, 0.05) is 74.8 Å². The van der Waals surface area contributed by atoms with Crippen LogP contribution < -0.4 is 29.4 Å². The standard InChI is InChI=1S/5C14H17BrN2O3.C12H13BrN2O3/c5*1-19-8-10-14(13(18)20-2)6-9(14)7-17(10)12-5-3-4-11(15)16-12;1-17-12(16)11-7-6-18-8(11)5-15(7)10-4-2-3-9(13)14-10/h5*3-5,9-10H,6-8H2,1-2H3;2-4,7-8,11H,5-6H2,1H3/t3*9-,10+,14+;2*9-,10-,14+;/m10000./s1. The lowest BCUT2D eigenvalue weighted by molar-refractivity contribution is -0.149. The molecular formula is C82H98Br6N12O18. The molecule has 636 valence electrons. The lowest BCUT2D eigenvalue weighted by Gasteiger charge is -2.31. The average Bonchev–Trinajstić information content (AvgIpc) is 1.55. The number of morpholine rings is 1. The molecule has 36 heteroatoms. The topological polar surface area (TPSA) is 310 Å². The van der Waals surface area contributed by atoms with E-state index in [1.54, 1.807) is 35.5 Å². The van der Waals surface area contributed by atoms with Crippen LogP contribution >= 0.6 is 95.6 Å². The largest absolute Gasteiger partial charge is 0.469 e. The summed E-state index contributed by atoms with van der Waals surface area (Å²) in [6, 6.07) is 34.8. The Bertz CT molecular complexity index is 4080. The summed E-state index contributed by atoms with van der Waals surface area (Å²) in [7, 11) is 17.0. The Labute approximate surface area is 736 Å². The maximum atomic E-state index is 12.2. The summed E-state index contributed by atoms with van der Waals surface area (Å²) in [6.45, 7) is 7.87. The van der Waals surface area contributed by atoms with Gasteiger partial charge in [0.2, 0.25) is 0 Å². The summed E-state index contributed by atoms with van der Waals surface area (Å²) in [5.41, 5.74) is -2.04. The summed E-state index contributed by atoms with van der Waals surface area (Å²) in [5, 5.41) is 0. The van der Waals surface area contributed by atoms with E-state index >= 15 is 0 Å². The van der Waals surface area contributed by atoms with E-state index < -0.39 is 27.1 Å². The van der Waals surface area contributed by atoms with Crippen LogP contribution in [0.15, 0.2) is 137 Å². The first-order valence-electron chi connectivity index (χ1n) is 38.8. The molecule has 7 saturated heterocycles. The highest BCUT2D eigenvalue weighted by Crippen LogP contribution is 2.67. The number of ether oxygens (including phenoxy) is 12. The van der Waals surface area contributed by atoms with Crippen LogP contribution in [0.2, 0.25) is 0 Å². The highest BCUT2D eigenvalue weighted by atomic mass is 79.9. The van der Waals surface area contributed by atoms with E-state index in [4.69, 9.17) is 56.8 Å². The van der Waals surface area contributed by atoms with Gasteiger partial charge in [-0.3, -0.25) is 28.8 Å². The molecule has 5 aliphatic carbocycles. The van der Waals surface area contributed by atoms with Gasteiger partial charge in [0.25, 0.3) is 0 Å². The summed E-state index contributed by atoms with van der Waals surface area (Å²) >= 11 is 20.3.